The van der Waals surface area contributed by atoms with Gasteiger partial charge in [-0.1, -0.05) is 174 Å². The van der Waals surface area contributed by atoms with Crippen molar-refractivity contribution in [3.63, 3.8) is 0 Å². The Morgan fingerprint density at radius 1 is 0.344 bits per heavy atom. The third-order valence-electron chi connectivity index (χ3n) is 6.89. The third-order valence-corrected chi connectivity index (χ3v) is 6.89. The van der Waals surface area contributed by atoms with Crippen LogP contribution in [0.2, 0.25) is 0 Å². The second-order valence-electron chi connectivity index (χ2n) is 10.3. The zero-order chi connectivity index (χ0) is 23.2. The maximum atomic E-state index is 5.54. The highest BCUT2D eigenvalue weighted by molar-refractivity contribution is 4.52. The van der Waals surface area contributed by atoms with E-state index in [9.17, 15) is 0 Å². The maximum Gasteiger partial charge on any atom is 0.0466 e. The molecule has 0 aromatic rings. The molecule has 0 aliphatic heterocycles. The largest absolute Gasteiger partial charge is 0.381 e. The van der Waals surface area contributed by atoms with Gasteiger partial charge in [0, 0.05) is 13.2 Å². The van der Waals surface area contributed by atoms with Gasteiger partial charge in [-0.05, 0) is 12.8 Å². The fourth-order valence-electron chi connectivity index (χ4n) is 4.69. The van der Waals surface area contributed by atoms with Gasteiger partial charge in [0.25, 0.3) is 0 Å². The van der Waals surface area contributed by atoms with Crippen molar-refractivity contribution in [3.05, 3.63) is 6.92 Å². The zero-order valence-electron chi connectivity index (χ0n) is 22.6. The molecule has 1 nitrogen and oxygen atoms in total. The molecule has 0 saturated heterocycles. The number of ether oxygens (including phenoxy) is 1. The second-order valence-corrected chi connectivity index (χ2v) is 10.3. The minimum atomic E-state index is 0.943. The summed E-state index contributed by atoms with van der Waals surface area (Å²) in [7, 11) is 0. The van der Waals surface area contributed by atoms with E-state index in [1.807, 2.05) is 0 Å². The van der Waals surface area contributed by atoms with E-state index in [0.29, 0.717) is 0 Å². The average molecular weight is 452 g/mol. The molecule has 0 bridgehead atoms. The van der Waals surface area contributed by atoms with Crippen LogP contribution < -0.4 is 0 Å². The fourth-order valence-corrected chi connectivity index (χ4v) is 4.69. The van der Waals surface area contributed by atoms with Crippen molar-refractivity contribution in [2.24, 2.45) is 0 Å². The normalized spacial score (nSPS) is 11.4. The Morgan fingerprint density at radius 2 is 0.594 bits per heavy atom. The van der Waals surface area contributed by atoms with Crippen LogP contribution in [0.25, 0.3) is 0 Å². The first-order valence-corrected chi connectivity index (χ1v) is 15.3. The van der Waals surface area contributed by atoms with Crippen LogP contribution in [0.15, 0.2) is 0 Å². The van der Waals surface area contributed by atoms with Crippen LogP contribution in [-0.4, -0.2) is 13.2 Å². The van der Waals surface area contributed by atoms with Gasteiger partial charge in [-0.3, -0.25) is 0 Å². The molecule has 0 heterocycles. The van der Waals surface area contributed by atoms with E-state index in [1.165, 1.54) is 161 Å². The highest BCUT2D eigenvalue weighted by Gasteiger charge is 1.96. The van der Waals surface area contributed by atoms with E-state index in [4.69, 9.17) is 4.74 Å². The zero-order valence-corrected chi connectivity index (χ0v) is 22.6. The third kappa shape index (κ3) is 30.0. The van der Waals surface area contributed by atoms with Crippen molar-refractivity contribution in [1.82, 2.24) is 0 Å². The number of rotatable bonds is 29. The summed E-state index contributed by atoms with van der Waals surface area (Å²) in [6.07, 6.45) is 38.4. The van der Waals surface area contributed by atoms with Crippen molar-refractivity contribution < 1.29 is 4.74 Å². The summed E-state index contributed by atoms with van der Waals surface area (Å²) < 4.78 is 5.54. The van der Waals surface area contributed by atoms with Gasteiger partial charge in [-0.2, -0.15) is 0 Å². The van der Waals surface area contributed by atoms with Crippen LogP contribution >= 0.6 is 0 Å². The monoisotopic (exact) mass is 451 g/mol. The minimum absolute atomic E-state index is 0.943. The van der Waals surface area contributed by atoms with Crippen LogP contribution in [0.4, 0.5) is 0 Å². The molecular weight excluding hydrogens is 388 g/mol. The molecule has 1 radical (unpaired) electrons. The van der Waals surface area contributed by atoms with Crippen LogP contribution in [0.3, 0.4) is 0 Å². The van der Waals surface area contributed by atoms with Crippen LogP contribution in [0, 0.1) is 6.92 Å². The van der Waals surface area contributed by atoms with Crippen LogP contribution in [-0.2, 0) is 4.74 Å². The lowest BCUT2D eigenvalue weighted by atomic mass is 10.0. The Kier molecular flexibility index (Phi) is 30.9. The lowest BCUT2D eigenvalue weighted by molar-refractivity contribution is 0.130. The summed E-state index contributed by atoms with van der Waals surface area (Å²) in [5.74, 6) is 0. The minimum Gasteiger partial charge on any atom is -0.381 e. The molecule has 32 heavy (non-hydrogen) atoms. The quantitative estimate of drug-likeness (QED) is 0.103. The van der Waals surface area contributed by atoms with Gasteiger partial charge < -0.3 is 4.74 Å². The van der Waals surface area contributed by atoms with E-state index in [1.54, 1.807) is 0 Å². The second kappa shape index (κ2) is 31.0. The first-order valence-electron chi connectivity index (χ1n) is 15.3. The molecule has 0 rings (SSSR count). The average Bonchev–Trinajstić information content (AvgIpc) is 2.81. The van der Waals surface area contributed by atoms with E-state index >= 15 is 0 Å². The smallest absolute Gasteiger partial charge is 0.0466 e. The molecule has 0 saturated carbocycles. The Bertz CT molecular complexity index is 271. The Hall–Kier alpha value is -0.0400. The molecule has 0 spiro atoms. The summed E-state index contributed by atoms with van der Waals surface area (Å²) in [6, 6.07) is 0. The summed E-state index contributed by atoms with van der Waals surface area (Å²) in [5.41, 5.74) is 0. The first-order chi connectivity index (χ1) is 15.9. The number of hydrogen-bond acceptors (Lipinski definition) is 1. The van der Waals surface area contributed by atoms with Crippen molar-refractivity contribution in [2.75, 3.05) is 13.2 Å². The number of unbranched alkanes of at least 4 members (excludes halogenated alkanes) is 25. The lowest BCUT2D eigenvalue weighted by Crippen LogP contribution is -1.95. The molecule has 0 amide bonds. The fraction of sp³-hybridized carbons (Fsp3) is 0.968. The lowest BCUT2D eigenvalue weighted by Gasteiger charge is -2.05. The summed E-state index contributed by atoms with van der Waals surface area (Å²) in [4.78, 5) is 0. The van der Waals surface area contributed by atoms with Crippen LogP contribution in [0.1, 0.15) is 180 Å². The predicted molar refractivity (Wildman–Crippen MR) is 147 cm³/mol. The molecular formula is C31H63O. The standard InChI is InChI=1S/C31H63O/c1-3-5-6-7-8-9-10-11-12-13-14-15-16-17-18-19-20-21-22-23-24-25-26-27-28-29-31-32-30-4-2/h1,3-31H2,2H3. The molecule has 1 heteroatoms. The Labute approximate surface area is 205 Å². The van der Waals surface area contributed by atoms with E-state index in [2.05, 4.69) is 13.8 Å². The van der Waals surface area contributed by atoms with Gasteiger partial charge in [-0.15, -0.1) is 0 Å². The molecule has 0 N–H and O–H groups in total. The topological polar surface area (TPSA) is 9.23 Å². The van der Waals surface area contributed by atoms with E-state index < -0.39 is 0 Å². The Morgan fingerprint density at radius 3 is 0.844 bits per heavy atom. The summed E-state index contributed by atoms with van der Waals surface area (Å²) in [5, 5.41) is 0. The molecule has 0 unspecified atom stereocenters. The SMILES string of the molecule is [CH2]CCCCCCCCCCCCCCCCCCCCCCCCCCCOCCC. The molecule has 0 aromatic heterocycles. The summed E-state index contributed by atoms with van der Waals surface area (Å²) >= 11 is 0. The molecule has 0 aliphatic rings. The molecule has 0 fully saturated rings. The van der Waals surface area contributed by atoms with E-state index in [0.717, 1.165) is 26.1 Å². The molecule has 193 valence electrons. The van der Waals surface area contributed by atoms with Gasteiger partial charge in [-0.25, -0.2) is 0 Å². The predicted octanol–water partition coefficient (Wildman–Crippen LogP) is 11.4. The van der Waals surface area contributed by atoms with Crippen molar-refractivity contribution in [3.8, 4) is 0 Å². The van der Waals surface area contributed by atoms with Crippen molar-refractivity contribution in [1.29, 1.82) is 0 Å². The van der Waals surface area contributed by atoms with Gasteiger partial charge in [0.15, 0.2) is 0 Å². The number of hydrogen-bond donors (Lipinski definition) is 0. The molecule has 0 aliphatic carbocycles. The molecule has 0 aromatic carbocycles. The van der Waals surface area contributed by atoms with Gasteiger partial charge in [0.05, 0.1) is 0 Å². The van der Waals surface area contributed by atoms with Crippen molar-refractivity contribution >= 4 is 0 Å². The van der Waals surface area contributed by atoms with Crippen LogP contribution in [0.5, 0.6) is 0 Å². The molecule has 0 atom stereocenters. The van der Waals surface area contributed by atoms with Gasteiger partial charge >= 0.3 is 0 Å². The van der Waals surface area contributed by atoms with Gasteiger partial charge in [0.1, 0.15) is 0 Å². The maximum absolute atomic E-state index is 5.54. The highest BCUT2D eigenvalue weighted by atomic mass is 16.5. The van der Waals surface area contributed by atoms with E-state index in [-0.39, 0.29) is 0 Å². The highest BCUT2D eigenvalue weighted by Crippen LogP contribution is 2.15. The Balaban J connectivity index is 2.98. The summed E-state index contributed by atoms with van der Waals surface area (Å²) in [6.45, 7) is 8.02. The van der Waals surface area contributed by atoms with Crippen molar-refractivity contribution in [2.45, 2.75) is 180 Å². The first kappa shape index (κ1) is 32.0. The van der Waals surface area contributed by atoms with Gasteiger partial charge in [0.2, 0.25) is 0 Å².